The molecule has 1 saturated heterocycles. The lowest BCUT2D eigenvalue weighted by Crippen LogP contribution is -2.46. The number of hydrogen-bond donors (Lipinski definition) is 3. The van der Waals surface area contributed by atoms with E-state index in [1.165, 1.54) is 6.20 Å². The number of likely N-dealkylation sites (tertiary alicyclic amines) is 1. The minimum Gasteiger partial charge on any atom is -0.378 e. The van der Waals surface area contributed by atoms with E-state index in [4.69, 9.17) is 10.5 Å². The van der Waals surface area contributed by atoms with Gasteiger partial charge in [-0.05, 0) is 37.9 Å². The van der Waals surface area contributed by atoms with Crippen LogP contribution in [0.25, 0.3) is 10.9 Å². The number of aromatic nitrogens is 1. The highest BCUT2D eigenvalue weighted by Gasteiger charge is 2.23. The zero-order chi connectivity index (χ0) is 19.9. The molecule has 8 heteroatoms. The molecule has 0 radical (unpaired) electrons. The maximum Gasteiger partial charge on any atom is 0.257 e. The molecule has 2 aromatic rings. The van der Waals surface area contributed by atoms with Crippen LogP contribution in [0.1, 0.15) is 29.6 Å². The van der Waals surface area contributed by atoms with Gasteiger partial charge in [0.25, 0.3) is 5.91 Å². The Morgan fingerprint density at radius 1 is 1.25 bits per heavy atom. The number of rotatable bonds is 7. The van der Waals surface area contributed by atoms with Crippen molar-refractivity contribution in [1.29, 1.82) is 0 Å². The van der Waals surface area contributed by atoms with Crippen molar-refractivity contribution < 1.29 is 14.3 Å². The van der Waals surface area contributed by atoms with Gasteiger partial charge in [0.2, 0.25) is 11.3 Å². The van der Waals surface area contributed by atoms with E-state index in [1.807, 2.05) is 6.07 Å². The van der Waals surface area contributed by atoms with Gasteiger partial charge in [0.15, 0.2) is 0 Å². The van der Waals surface area contributed by atoms with E-state index in [9.17, 15) is 14.4 Å². The summed E-state index contributed by atoms with van der Waals surface area (Å²) in [5.41, 5.74) is 5.76. The first-order valence-corrected chi connectivity index (χ1v) is 9.58. The van der Waals surface area contributed by atoms with Gasteiger partial charge in [-0.3, -0.25) is 14.4 Å². The highest BCUT2D eigenvalue weighted by atomic mass is 16.5. The number of nitrogens with one attached hydrogen (secondary N) is 2. The number of nitrogens with zero attached hydrogens (tertiary/aromatic N) is 1. The minimum atomic E-state index is -0.555. The van der Waals surface area contributed by atoms with E-state index in [0.717, 1.165) is 19.3 Å². The van der Waals surface area contributed by atoms with Crippen LogP contribution in [0.15, 0.2) is 35.3 Å². The Balaban J connectivity index is 1.51. The van der Waals surface area contributed by atoms with Crippen molar-refractivity contribution in [3.05, 3.63) is 46.2 Å². The van der Waals surface area contributed by atoms with Crippen LogP contribution in [0.5, 0.6) is 0 Å². The number of amides is 2. The topological polar surface area (TPSA) is 118 Å². The number of benzene rings is 1. The van der Waals surface area contributed by atoms with Gasteiger partial charge in [-0.2, -0.15) is 0 Å². The first kappa shape index (κ1) is 20.0. The normalized spacial score (nSPS) is 15.0. The monoisotopic (exact) mass is 386 g/mol. The summed E-state index contributed by atoms with van der Waals surface area (Å²) in [6.07, 6.45) is 3.91. The van der Waals surface area contributed by atoms with Crippen LogP contribution in [0.2, 0.25) is 0 Å². The Bertz CT molecular complexity index is 887. The van der Waals surface area contributed by atoms with E-state index in [0.29, 0.717) is 37.1 Å². The summed E-state index contributed by atoms with van der Waals surface area (Å²) in [5.74, 6) is -0.716. The Morgan fingerprint density at radius 2 is 2.00 bits per heavy atom. The molecule has 1 aromatic carbocycles. The number of fused-ring (bicyclic) bond motifs is 1. The van der Waals surface area contributed by atoms with Gasteiger partial charge < -0.3 is 25.7 Å². The SMILES string of the molecule is NCCCOC1CCN(C(=O)CNC(=O)c2c[nH]c3ccccc3c2=O)CC1. The number of aromatic amines is 1. The molecule has 0 atom stereocenters. The van der Waals surface area contributed by atoms with Crippen LogP contribution in [0.4, 0.5) is 0 Å². The van der Waals surface area contributed by atoms with Crippen molar-refractivity contribution in [1.82, 2.24) is 15.2 Å². The lowest BCUT2D eigenvalue weighted by molar-refractivity contribution is -0.132. The van der Waals surface area contributed by atoms with Gasteiger partial charge in [0, 0.05) is 36.8 Å². The summed E-state index contributed by atoms with van der Waals surface area (Å²) in [6, 6.07) is 6.98. The predicted molar refractivity (Wildman–Crippen MR) is 106 cm³/mol. The van der Waals surface area contributed by atoms with Gasteiger partial charge in [-0.15, -0.1) is 0 Å². The number of hydrogen-bond acceptors (Lipinski definition) is 5. The molecule has 150 valence electrons. The maximum absolute atomic E-state index is 12.5. The second-order valence-corrected chi connectivity index (χ2v) is 6.85. The lowest BCUT2D eigenvalue weighted by atomic mass is 10.1. The van der Waals surface area contributed by atoms with Crippen molar-refractivity contribution in [3.63, 3.8) is 0 Å². The Kier molecular flexibility index (Phi) is 6.78. The van der Waals surface area contributed by atoms with Crippen LogP contribution in [0.3, 0.4) is 0 Å². The molecule has 0 aliphatic carbocycles. The number of ether oxygens (including phenoxy) is 1. The average Bonchev–Trinajstić information content (AvgIpc) is 2.73. The van der Waals surface area contributed by atoms with Gasteiger partial charge >= 0.3 is 0 Å². The number of nitrogens with two attached hydrogens (primary N) is 1. The molecule has 4 N–H and O–H groups in total. The van der Waals surface area contributed by atoms with E-state index < -0.39 is 5.91 Å². The number of para-hydroxylation sites is 1. The summed E-state index contributed by atoms with van der Waals surface area (Å²) in [6.45, 7) is 2.31. The van der Waals surface area contributed by atoms with E-state index in [-0.39, 0.29) is 29.5 Å². The minimum absolute atomic E-state index is 0.00138. The van der Waals surface area contributed by atoms with Crippen molar-refractivity contribution in [2.75, 3.05) is 32.8 Å². The predicted octanol–water partition coefficient (Wildman–Crippen LogP) is 0.614. The number of piperidine rings is 1. The zero-order valence-corrected chi connectivity index (χ0v) is 15.8. The number of pyridine rings is 1. The van der Waals surface area contributed by atoms with Gasteiger partial charge in [-0.25, -0.2) is 0 Å². The van der Waals surface area contributed by atoms with Crippen LogP contribution in [-0.2, 0) is 9.53 Å². The van der Waals surface area contributed by atoms with Crippen molar-refractivity contribution in [2.45, 2.75) is 25.4 Å². The van der Waals surface area contributed by atoms with Crippen molar-refractivity contribution in [2.24, 2.45) is 5.73 Å². The van der Waals surface area contributed by atoms with Crippen LogP contribution in [0, 0.1) is 0 Å². The fourth-order valence-electron chi connectivity index (χ4n) is 3.30. The molecule has 2 heterocycles. The first-order valence-electron chi connectivity index (χ1n) is 9.58. The molecule has 3 rings (SSSR count). The van der Waals surface area contributed by atoms with Crippen molar-refractivity contribution >= 4 is 22.7 Å². The first-order chi connectivity index (χ1) is 13.6. The molecule has 8 nitrogen and oxygen atoms in total. The molecule has 2 amide bonds. The fraction of sp³-hybridized carbons (Fsp3) is 0.450. The van der Waals surface area contributed by atoms with Gasteiger partial charge in [0.05, 0.1) is 12.6 Å². The zero-order valence-electron chi connectivity index (χ0n) is 15.8. The molecule has 0 unspecified atom stereocenters. The quantitative estimate of drug-likeness (QED) is 0.603. The smallest absolute Gasteiger partial charge is 0.257 e. The highest BCUT2D eigenvalue weighted by Crippen LogP contribution is 2.14. The van der Waals surface area contributed by atoms with Crippen LogP contribution < -0.4 is 16.5 Å². The highest BCUT2D eigenvalue weighted by molar-refractivity contribution is 5.98. The lowest BCUT2D eigenvalue weighted by Gasteiger charge is -2.32. The summed E-state index contributed by atoms with van der Waals surface area (Å²) >= 11 is 0. The van der Waals surface area contributed by atoms with Gasteiger partial charge in [0.1, 0.15) is 5.56 Å². The fourth-order valence-corrected chi connectivity index (χ4v) is 3.30. The summed E-state index contributed by atoms with van der Waals surface area (Å²) in [7, 11) is 0. The third-order valence-corrected chi connectivity index (χ3v) is 4.93. The van der Waals surface area contributed by atoms with E-state index >= 15 is 0 Å². The standard InChI is InChI=1S/C20H26N4O4/c21-8-3-11-28-14-6-9-24(10-7-14)18(25)13-23-20(27)16-12-22-17-5-2-1-4-15(17)19(16)26/h1-2,4-5,12,14H,3,6-11,13,21H2,(H,22,26)(H,23,27). The molecule has 1 aliphatic heterocycles. The molecule has 28 heavy (non-hydrogen) atoms. The average molecular weight is 386 g/mol. The van der Waals surface area contributed by atoms with Crippen LogP contribution in [-0.4, -0.2) is 60.6 Å². The number of H-pyrrole nitrogens is 1. The molecule has 1 aliphatic rings. The second-order valence-electron chi connectivity index (χ2n) is 6.85. The van der Waals surface area contributed by atoms with E-state index in [2.05, 4.69) is 10.3 Å². The van der Waals surface area contributed by atoms with Gasteiger partial charge in [-0.1, -0.05) is 12.1 Å². The number of carbonyl (C=O) groups is 2. The molecule has 1 aromatic heterocycles. The van der Waals surface area contributed by atoms with Crippen molar-refractivity contribution in [3.8, 4) is 0 Å². The Hall–Kier alpha value is -2.71. The Labute approximate surface area is 163 Å². The number of carbonyl (C=O) groups excluding carboxylic acids is 2. The molecule has 0 bridgehead atoms. The summed E-state index contributed by atoms with van der Waals surface area (Å²) in [4.78, 5) is 41.8. The Morgan fingerprint density at radius 3 is 2.75 bits per heavy atom. The molecule has 0 spiro atoms. The summed E-state index contributed by atoms with van der Waals surface area (Å²) < 4.78 is 5.73. The van der Waals surface area contributed by atoms with E-state index in [1.54, 1.807) is 23.1 Å². The molecular weight excluding hydrogens is 360 g/mol. The third-order valence-electron chi connectivity index (χ3n) is 4.93. The molecular formula is C20H26N4O4. The van der Waals surface area contributed by atoms with Crippen LogP contribution >= 0.6 is 0 Å². The molecule has 1 fully saturated rings. The maximum atomic E-state index is 12.5. The molecule has 0 saturated carbocycles. The third kappa shape index (κ3) is 4.76. The largest absolute Gasteiger partial charge is 0.378 e. The summed E-state index contributed by atoms with van der Waals surface area (Å²) in [5, 5.41) is 3.00. The second kappa shape index (κ2) is 9.48.